The maximum absolute atomic E-state index is 13.0. The van der Waals surface area contributed by atoms with Gasteiger partial charge in [0.05, 0.1) is 5.02 Å². The Morgan fingerprint density at radius 3 is 2.65 bits per heavy atom. The fourth-order valence-electron chi connectivity index (χ4n) is 2.36. The number of amides is 1. The molecule has 1 N–H and O–H groups in total. The molecule has 3 rings (SSSR count). The van der Waals surface area contributed by atoms with E-state index in [-0.39, 0.29) is 22.8 Å². The topological polar surface area (TPSA) is 29.1 Å². The summed E-state index contributed by atoms with van der Waals surface area (Å²) in [5.41, 5.74) is 1.71. The van der Waals surface area contributed by atoms with Crippen molar-refractivity contribution < 1.29 is 9.18 Å². The van der Waals surface area contributed by atoms with Crippen LogP contribution in [-0.4, -0.2) is 5.91 Å². The molecule has 1 aliphatic rings. The van der Waals surface area contributed by atoms with E-state index in [1.165, 1.54) is 23.8 Å². The third kappa shape index (κ3) is 2.68. The number of halogens is 2. The number of hydrogen-bond donors (Lipinski definition) is 1. The van der Waals surface area contributed by atoms with E-state index in [4.69, 9.17) is 11.6 Å². The lowest BCUT2D eigenvalue weighted by molar-refractivity contribution is -0.117. The van der Waals surface area contributed by atoms with E-state index in [2.05, 4.69) is 5.32 Å². The Balaban J connectivity index is 1.65. The molecule has 2 nitrogen and oxygen atoms in total. The minimum Gasteiger partial charge on any atom is -0.326 e. The summed E-state index contributed by atoms with van der Waals surface area (Å²) in [4.78, 5) is 12.1. The zero-order chi connectivity index (χ0) is 14.1. The molecule has 1 saturated carbocycles. The summed E-state index contributed by atoms with van der Waals surface area (Å²) in [7, 11) is 0. The van der Waals surface area contributed by atoms with Crippen molar-refractivity contribution in [3.63, 3.8) is 0 Å². The van der Waals surface area contributed by atoms with Gasteiger partial charge in [-0.3, -0.25) is 4.79 Å². The summed E-state index contributed by atoms with van der Waals surface area (Å²) in [5, 5.41) is 2.79. The molecule has 0 saturated heterocycles. The molecule has 1 aliphatic carbocycles. The average Bonchev–Trinajstić information content (AvgIpc) is 3.24. The van der Waals surface area contributed by atoms with Crippen LogP contribution in [0.4, 0.5) is 10.1 Å². The molecular weight excluding hydrogens is 277 g/mol. The van der Waals surface area contributed by atoms with Gasteiger partial charge in [0.25, 0.3) is 0 Å². The molecular formula is C16H13ClFNO. The smallest absolute Gasteiger partial charge is 0.228 e. The summed E-state index contributed by atoms with van der Waals surface area (Å²) < 4.78 is 13.0. The Morgan fingerprint density at radius 1 is 1.20 bits per heavy atom. The van der Waals surface area contributed by atoms with Crippen molar-refractivity contribution in [2.45, 2.75) is 12.3 Å². The van der Waals surface area contributed by atoms with Gasteiger partial charge < -0.3 is 5.32 Å². The molecule has 2 aromatic rings. The fourth-order valence-corrected chi connectivity index (χ4v) is 2.54. The van der Waals surface area contributed by atoms with Gasteiger partial charge in [0.15, 0.2) is 0 Å². The molecule has 0 unspecified atom stereocenters. The van der Waals surface area contributed by atoms with Crippen LogP contribution in [0.25, 0.3) is 0 Å². The SMILES string of the molecule is O=C(Nc1ccc(F)c(Cl)c1)[C@H]1C[C@@H]1c1ccccc1. The summed E-state index contributed by atoms with van der Waals surface area (Å²) in [6.07, 6.45) is 0.852. The highest BCUT2D eigenvalue weighted by Gasteiger charge is 2.43. The van der Waals surface area contributed by atoms with Gasteiger partial charge in [-0.1, -0.05) is 41.9 Å². The highest BCUT2D eigenvalue weighted by molar-refractivity contribution is 6.31. The van der Waals surface area contributed by atoms with Gasteiger partial charge in [0.1, 0.15) is 5.82 Å². The Hall–Kier alpha value is -1.87. The van der Waals surface area contributed by atoms with E-state index in [0.29, 0.717) is 5.69 Å². The second-order valence-electron chi connectivity index (χ2n) is 4.98. The molecule has 0 aromatic heterocycles. The monoisotopic (exact) mass is 289 g/mol. The summed E-state index contributed by atoms with van der Waals surface area (Å²) in [6, 6.07) is 14.2. The molecule has 2 atom stereocenters. The minimum atomic E-state index is -0.488. The minimum absolute atomic E-state index is 0.0122. The summed E-state index contributed by atoms with van der Waals surface area (Å²) in [6.45, 7) is 0. The molecule has 2 aromatic carbocycles. The first-order valence-electron chi connectivity index (χ1n) is 6.46. The van der Waals surface area contributed by atoms with Crippen LogP contribution in [0.5, 0.6) is 0 Å². The normalized spacial score (nSPS) is 20.5. The Bertz CT molecular complexity index is 644. The second kappa shape index (κ2) is 5.25. The van der Waals surface area contributed by atoms with Crippen molar-refractivity contribution in [3.8, 4) is 0 Å². The Labute approximate surface area is 121 Å². The van der Waals surface area contributed by atoms with Crippen LogP contribution in [0.3, 0.4) is 0 Å². The van der Waals surface area contributed by atoms with Crippen LogP contribution in [0.15, 0.2) is 48.5 Å². The number of anilines is 1. The van der Waals surface area contributed by atoms with Gasteiger partial charge in [0, 0.05) is 11.6 Å². The van der Waals surface area contributed by atoms with E-state index >= 15 is 0 Å². The predicted molar refractivity (Wildman–Crippen MR) is 77.3 cm³/mol. The van der Waals surface area contributed by atoms with Crippen LogP contribution in [0.2, 0.25) is 5.02 Å². The molecule has 4 heteroatoms. The predicted octanol–water partition coefficient (Wildman–Crippen LogP) is 4.22. The van der Waals surface area contributed by atoms with Crippen molar-refractivity contribution >= 4 is 23.2 Å². The molecule has 1 amide bonds. The first-order valence-corrected chi connectivity index (χ1v) is 6.84. The number of carbonyl (C=O) groups excluding carboxylic acids is 1. The first-order chi connectivity index (χ1) is 9.65. The molecule has 102 valence electrons. The molecule has 20 heavy (non-hydrogen) atoms. The van der Waals surface area contributed by atoms with Crippen molar-refractivity contribution in [1.29, 1.82) is 0 Å². The molecule has 0 spiro atoms. The largest absolute Gasteiger partial charge is 0.326 e. The van der Waals surface area contributed by atoms with Crippen LogP contribution < -0.4 is 5.32 Å². The fraction of sp³-hybridized carbons (Fsp3) is 0.188. The maximum atomic E-state index is 13.0. The van der Waals surface area contributed by atoms with Crippen LogP contribution >= 0.6 is 11.6 Å². The average molecular weight is 290 g/mol. The Kier molecular flexibility index (Phi) is 3.45. The van der Waals surface area contributed by atoms with Crippen molar-refractivity contribution in [2.24, 2.45) is 5.92 Å². The van der Waals surface area contributed by atoms with Gasteiger partial charge in [-0.15, -0.1) is 0 Å². The lowest BCUT2D eigenvalue weighted by Crippen LogP contribution is -2.14. The molecule has 1 fully saturated rings. The van der Waals surface area contributed by atoms with Gasteiger partial charge in [0.2, 0.25) is 5.91 Å². The van der Waals surface area contributed by atoms with Crippen LogP contribution in [0.1, 0.15) is 17.9 Å². The van der Waals surface area contributed by atoms with Gasteiger partial charge in [-0.2, -0.15) is 0 Å². The van der Waals surface area contributed by atoms with E-state index in [1.54, 1.807) is 0 Å². The maximum Gasteiger partial charge on any atom is 0.228 e. The van der Waals surface area contributed by atoms with Gasteiger partial charge in [-0.25, -0.2) is 4.39 Å². The zero-order valence-electron chi connectivity index (χ0n) is 10.6. The number of hydrogen-bond acceptors (Lipinski definition) is 1. The number of nitrogens with one attached hydrogen (secondary N) is 1. The van der Waals surface area contributed by atoms with Crippen molar-refractivity contribution in [2.75, 3.05) is 5.32 Å². The lowest BCUT2D eigenvalue weighted by atomic mass is 10.1. The van der Waals surface area contributed by atoms with E-state index in [9.17, 15) is 9.18 Å². The zero-order valence-corrected chi connectivity index (χ0v) is 11.4. The van der Waals surface area contributed by atoms with Crippen LogP contribution in [0, 0.1) is 11.7 Å². The van der Waals surface area contributed by atoms with Gasteiger partial charge in [-0.05, 0) is 36.1 Å². The van der Waals surface area contributed by atoms with E-state index in [1.807, 2.05) is 30.3 Å². The third-order valence-corrected chi connectivity index (χ3v) is 3.83. The number of benzene rings is 2. The number of rotatable bonds is 3. The first kappa shape index (κ1) is 13.1. The quantitative estimate of drug-likeness (QED) is 0.900. The molecule has 0 bridgehead atoms. The third-order valence-electron chi connectivity index (χ3n) is 3.54. The molecule has 0 aliphatic heterocycles. The standard InChI is InChI=1S/C16H13ClFNO/c17-14-8-11(6-7-15(14)18)19-16(20)13-9-12(13)10-4-2-1-3-5-10/h1-8,12-13H,9H2,(H,19,20)/t12-,13+/m1/s1. The molecule has 0 radical (unpaired) electrons. The lowest BCUT2D eigenvalue weighted by Gasteiger charge is -2.06. The van der Waals surface area contributed by atoms with E-state index in [0.717, 1.165) is 6.42 Å². The van der Waals surface area contributed by atoms with Crippen molar-refractivity contribution in [3.05, 3.63) is 64.9 Å². The molecule has 0 heterocycles. The van der Waals surface area contributed by atoms with Crippen molar-refractivity contribution in [1.82, 2.24) is 0 Å². The highest BCUT2D eigenvalue weighted by Crippen LogP contribution is 2.47. The summed E-state index contributed by atoms with van der Waals surface area (Å²) in [5.74, 6) is -0.256. The number of carbonyl (C=O) groups is 1. The van der Waals surface area contributed by atoms with Gasteiger partial charge >= 0.3 is 0 Å². The second-order valence-corrected chi connectivity index (χ2v) is 5.38. The Morgan fingerprint density at radius 2 is 1.95 bits per heavy atom. The highest BCUT2D eigenvalue weighted by atomic mass is 35.5. The van der Waals surface area contributed by atoms with E-state index < -0.39 is 5.82 Å². The van der Waals surface area contributed by atoms with Crippen LogP contribution in [-0.2, 0) is 4.79 Å². The summed E-state index contributed by atoms with van der Waals surface area (Å²) >= 11 is 5.69.